The molecule has 0 spiro atoms. The molecule has 0 saturated carbocycles. The van der Waals surface area contributed by atoms with Crippen molar-refractivity contribution in [2.75, 3.05) is 32.8 Å². The van der Waals surface area contributed by atoms with Crippen LogP contribution >= 0.6 is 11.6 Å². The standard InChI is InChI=1S/C10H19NO.C9H11F.C8H6ClN.CH2O2/c1-9-2-4-11(6-9)7-10-3-5-12-8-10;1-3-8-6-7(2)4-5-9(8)10;1-6-2-3-7(5-10)8(9)4-6;2-1-3/h9-10H,2-8H2,1H3;4-6H,3H2,1-2H3;2-4H,1H3;1H,(H,2,3). The van der Waals surface area contributed by atoms with Crippen molar-refractivity contribution in [1.29, 1.82) is 5.26 Å². The van der Waals surface area contributed by atoms with Gasteiger partial charge in [-0.25, -0.2) is 4.39 Å². The third-order valence-electron chi connectivity index (χ3n) is 5.88. The Morgan fingerprint density at radius 1 is 1.23 bits per heavy atom. The van der Waals surface area contributed by atoms with Crippen LogP contribution in [0.3, 0.4) is 0 Å². The lowest BCUT2D eigenvalue weighted by Crippen LogP contribution is -2.27. The highest BCUT2D eigenvalue weighted by Crippen LogP contribution is 2.20. The Kier molecular flexibility index (Phi) is 14.9. The van der Waals surface area contributed by atoms with E-state index in [2.05, 4.69) is 11.8 Å². The second-order valence-electron chi connectivity index (χ2n) is 9.03. The minimum absolute atomic E-state index is 0.0897. The Balaban J connectivity index is 0.000000250. The zero-order valence-electron chi connectivity index (χ0n) is 21.3. The molecular formula is C28H38ClFN2O3. The second kappa shape index (κ2) is 17.0. The molecule has 2 unspecified atom stereocenters. The van der Waals surface area contributed by atoms with Crippen molar-refractivity contribution >= 4 is 18.1 Å². The Hall–Kier alpha value is -2.46. The maximum atomic E-state index is 12.8. The highest BCUT2D eigenvalue weighted by atomic mass is 35.5. The fourth-order valence-corrected chi connectivity index (χ4v) is 4.25. The maximum Gasteiger partial charge on any atom is 0.290 e. The normalized spacial score (nSPS) is 18.7. The summed E-state index contributed by atoms with van der Waals surface area (Å²) < 4.78 is 18.1. The van der Waals surface area contributed by atoms with E-state index in [1.807, 2.05) is 39.0 Å². The SMILES string of the molecule is CC1CCN(CC2CCOC2)C1.CCc1cc(C)ccc1F.Cc1ccc(C#N)c(Cl)c1.O=CO. The largest absolute Gasteiger partial charge is 0.483 e. The van der Waals surface area contributed by atoms with Gasteiger partial charge >= 0.3 is 0 Å². The summed E-state index contributed by atoms with van der Waals surface area (Å²) in [4.78, 5) is 11.0. The first kappa shape index (κ1) is 30.6. The summed E-state index contributed by atoms with van der Waals surface area (Å²) in [5.41, 5.74) is 3.54. The molecule has 35 heavy (non-hydrogen) atoms. The first-order valence-corrected chi connectivity index (χ1v) is 12.4. The number of hydrogen-bond acceptors (Lipinski definition) is 4. The van der Waals surface area contributed by atoms with Crippen molar-refractivity contribution in [3.63, 3.8) is 0 Å². The van der Waals surface area contributed by atoms with E-state index in [1.54, 1.807) is 18.2 Å². The van der Waals surface area contributed by atoms with Crippen molar-refractivity contribution in [3.05, 3.63) is 69.5 Å². The van der Waals surface area contributed by atoms with Crippen LogP contribution in [0.15, 0.2) is 36.4 Å². The van der Waals surface area contributed by atoms with Gasteiger partial charge in [0.25, 0.3) is 6.47 Å². The molecule has 2 aromatic carbocycles. The van der Waals surface area contributed by atoms with Crippen LogP contribution in [-0.4, -0.2) is 49.3 Å². The van der Waals surface area contributed by atoms with Gasteiger partial charge in [0, 0.05) is 19.7 Å². The molecule has 0 bridgehead atoms. The van der Waals surface area contributed by atoms with Gasteiger partial charge < -0.3 is 14.7 Å². The maximum absolute atomic E-state index is 12.8. The van der Waals surface area contributed by atoms with Crippen molar-refractivity contribution in [1.82, 2.24) is 4.90 Å². The van der Waals surface area contributed by atoms with Crippen molar-refractivity contribution < 1.29 is 19.0 Å². The van der Waals surface area contributed by atoms with Crippen LogP contribution in [0, 0.1) is 42.8 Å². The summed E-state index contributed by atoms with van der Waals surface area (Å²) in [6.45, 7) is 13.9. The van der Waals surface area contributed by atoms with Gasteiger partial charge in [0.1, 0.15) is 11.9 Å². The molecule has 7 heteroatoms. The van der Waals surface area contributed by atoms with E-state index >= 15 is 0 Å². The molecule has 2 atom stereocenters. The highest BCUT2D eigenvalue weighted by molar-refractivity contribution is 6.31. The minimum atomic E-state index is -0.250. The topological polar surface area (TPSA) is 73.6 Å². The van der Waals surface area contributed by atoms with Crippen molar-refractivity contribution in [2.45, 2.75) is 47.0 Å². The molecule has 192 valence electrons. The lowest BCUT2D eigenvalue weighted by molar-refractivity contribution is -0.122. The molecule has 2 heterocycles. The molecular weight excluding hydrogens is 467 g/mol. The predicted octanol–water partition coefficient (Wildman–Crippen LogP) is 6.28. The van der Waals surface area contributed by atoms with E-state index in [4.69, 9.17) is 31.5 Å². The molecule has 2 aliphatic rings. The van der Waals surface area contributed by atoms with E-state index in [0.717, 1.165) is 48.2 Å². The molecule has 2 aromatic rings. The van der Waals surface area contributed by atoms with Crippen LogP contribution in [0.5, 0.6) is 0 Å². The molecule has 2 saturated heterocycles. The van der Waals surface area contributed by atoms with Crippen molar-refractivity contribution in [3.8, 4) is 6.07 Å². The van der Waals surface area contributed by atoms with Gasteiger partial charge in [0.15, 0.2) is 0 Å². The van der Waals surface area contributed by atoms with Crippen LogP contribution < -0.4 is 0 Å². The van der Waals surface area contributed by atoms with E-state index in [1.165, 1.54) is 38.5 Å². The summed E-state index contributed by atoms with van der Waals surface area (Å²) in [6.07, 6.45) is 3.45. The number of nitriles is 1. The minimum Gasteiger partial charge on any atom is -0.483 e. The first-order chi connectivity index (χ1) is 16.7. The number of rotatable bonds is 3. The number of likely N-dealkylation sites (tertiary alicyclic amines) is 1. The van der Waals surface area contributed by atoms with Gasteiger partial charge in [0.2, 0.25) is 0 Å². The smallest absolute Gasteiger partial charge is 0.290 e. The molecule has 0 radical (unpaired) electrons. The number of benzene rings is 2. The average molecular weight is 505 g/mol. The number of hydrogen-bond donors (Lipinski definition) is 1. The predicted molar refractivity (Wildman–Crippen MR) is 139 cm³/mol. The van der Waals surface area contributed by atoms with Crippen molar-refractivity contribution in [2.24, 2.45) is 11.8 Å². The van der Waals surface area contributed by atoms with Gasteiger partial charge in [-0.05, 0) is 80.8 Å². The fourth-order valence-electron chi connectivity index (χ4n) is 3.97. The molecule has 5 nitrogen and oxygen atoms in total. The summed E-state index contributed by atoms with van der Waals surface area (Å²) in [7, 11) is 0. The molecule has 4 rings (SSSR count). The third-order valence-corrected chi connectivity index (χ3v) is 6.19. The van der Waals surface area contributed by atoms with Crippen LogP contribution in [0.1, 0.15) is 48.9 Å². The monoisotopic (exact) mass is 504 g/mol. The Labute approximate surface area is 214 Å². The summed E-state index contributed by atoms with van der Waals surface area (Å²) in [5.74, 6) is 1.66. The Morgan fingerprint density at radius 3 is 2.37 bits per heavy atom. The van der Waals surface area contributed by atoms with Gasteiger partial charge in [0.05, 0.1) is 17.2 Å². The number of aryl methyl sites for hydroxylation is 3. The molecule has 0 aliphatic carbocycles. The van der Waals surface area contributed by atoms with Gasteiger partial charge in [-0.3, -0.25) is 4.79 Å². The molecule has 0 amide bonds. The van der Waals surface area contributed by atoms with E-state index in [-0.39, 0.29) is 12.3 Å². The number of ether oxygens (including phenoxy) is 1. The van der Waals surface area contributed by atoms with Gasteiger partial charge in [-0.15, -0.1) is 0 Å². The van der Waals surface area contributed by atoms with Crippen LogP contribution in [0.25, 0.3) is 0 Å². The van der Waals surface area contributed by atoms with E-state index < -0.39 is 0 Å². The molecule has 2 fully saturated rings. The quantitative estimate of drug-likeness (QED) is 0.498. The van der Waals surface area contributed by atoms with Crippen LogP contribution in [0.4, 0.5) is 4.39 Å². The Bertz CT molecular complexity index is 933. The number of carboxylic acid groups (broad SMARTS) is 1. The van der Waals surface area contributed by atoms with Crippen LogP contribution in [0.2, 0.25) is 5.02 Å². The van der Waals surface area contributed by atoms with Gasteiger partial charge in [-0.1, -0.05) is 49.2 Å². The second-order valence-corrected chi connectivity index (χ2v) is 9.44. The summed E-state index contributed by atoms with van der Waals surface area (Å²) in [6, 6.07) is 12.5. The van der Waals surface area contributed by atoms with E-state index in [0.29, 0.717) is 10.6 Å². The summed E-state index contributed by atoms with van der Waals surface area (Å²) in [5, 5.41) is 15.9. The van der Waals surface area contributed by atoms with Crippen LogP contribution in [-0.2, 0) is 16.0 Å². The lowest BCUT2D eigenvalue weighted by atomic mass is 10.1. The van der Waals surface area contributed by atoms with Gasteiger partial charge in [-0.2, -0.15) is 5.26 Å². The van der Waals surface area contributed by atoms with E-state index in [9.17, 15) is 4.39 Å². The number of halogens is 2. The summed E-state index contributed by atoms with van der Waals surface area (Å²) >= 11 is 5.71. The first-order valence-electron chi connectivity index (χ1n) is 12.0. The number of nitrogens with zero attached hydrogens (tertiary/aromatic N) is 2. The molecule has 1 N–H and O–H groups in total. The molecule has 2 aliphatic heterocycles. The fraction of sp³-hybridized carbons (Fsp3) is 0.500. The lowest BCUT2D eigenvalue weighted by Gasteiger charge is -2.18. The number of carbonyl (C=O) groups is 1. The zero-order valence-corrected chi connectivity index (χ0v) is 22.0. The molecule has 0 aromatic heterocycles. The highest BCUT2D eigenvalue weighted by Gasteiger charge is 2.23. The zero-order chi connectivity index (χ0) is 26.2. The third kappa shape index (κ3) is 12.2. The average Bonchev–Trinajstić information content (AvgIpc) is 3.49. The Morgan fingerprint density at radius 2 is 1.89 bits per heavy atom.